The quantitative estimate of drug-likeness (QED) is 0.916. The number of nitrogens with zero attached hydrogens (tertiary/aromatic N) is 2. The maximum absolute atomic E-state index is 13.1. The topological polar surface area (TPSA) is 85.5 Å². The first kappa shape index (κ1) is 16.6. The van der Waals surface area contributed by atoms with E-state index in [1.165, 1.54) is 11.3 Å². The predicted molar refractivity (Wildman–Crippen MR) is 91.7 cm³/mol. The summed E-state index contributed by atoms with van der Waals surface area (Å²) in [5.74, 6) is -0.555. The zero-order valence-corrected chi connectivity index (χ0v) is 14.2. The van der Waals surface area contributed by atoms with Crippen LogP contribution in [0.25, 0.3) is 11.3 Å². The van der Waals surface area contributed by atoms with E-state index in [2.05, 4.69) is 4.98 Å². The molecule has 1 saturated heterocycles. The van der Waals surface area contributed by atoms with E-state index >= 15 is 0 Å². The number of benzene rings is 1. The predicted octanol–water partition coefficient (Wildman–Crippen LogP) is 1.83. The molecular formula is C17H19N3O3S. The summed E-state index contributed by atoms with van der Waals surface area (Å²) in [6.07, 6.45) is 0.101. The van der Waals surface area contributed by atoms with Crippen molar-refractivity contribution in [2.75, 3.05) is 19.8 Å². The number of primary amides is 1. The molecule has 1 aliphatic heterocycles. The van der Waals surface area contributed by atoms with Crippen molar-refractivity contribution in [1.29, 1.82) is 0 Å². The van der Waals surface area contributed by atoms with Gasteiger partial charge >= 0.3 is 0 Å². The van der Waals surface area contributed by atoms with Crippen LogP contribution in [0.3, 0.4) is 0 Å². The second-order valence-electron chi connectivity index (χ2n) is 5.67. The molecule has 0 radical (unpaired) electrons. The first-order valence-corrected chi connectivity index (χ1v) is 8.57. The van der Waals surface area contributed by atoms with Crippen molar-refractivity contribution < 1.29 is 14.3 Å². The molecule has 0 aliphatic carbocycles. The Labute approximate surface area is 144 Å². The molecule has 1 fully saturated rings. The van der Waals surface area contributed by atoms with Crippen LogP contribution in [0.2, 0.25) is 0 Å². The molecule has 0 saturated carbocycles. The van der Waals surface area contributed by atoms with E-state index in [1.54, 1.807) is 4.90 Å². The molecule has 6 nitrogen and oxygen atoms in total. The number of hydrogen-bond acceptors (Lipinski definition) is 5. The van der Waals surface area contributed by atoms with Gasteiger partial charge in [-0.3, -0.25) is 9.59 Å². The summed E-state index contributed by atoms with van der Waals surface area (Å²) in [6.45, 7) is 3.11. The zero-order chi connectivity index (χ0) is 17.1. The summed E-state index contributed by atoms with van der Waals surface area (Å²) < 4.78 is 5.41. The Morgan fingerprint density at radius 3 is 2.83 bits per heavy atom. The molecule has 0 spiro atoms. The number of ether oxygens (including phenoxy) is 1. The van der Waals surface area contributed by atoms with Crippen molar-refractivity contribution in [3.8, 4) is 11.3 Å². The van der Waals surface area contributed by atoms with Crippen molar-refractivity contribution in [3.63, 3.8) is 0 Å². The molecule has 24 heavy (non-hydrogen) atoms. The van der Waals surface area contributed by atoms with Crippen LogP contribution in [0, 0.1) is 6.92 Å². The highest BCUT2D eigenvalue weighted by Gasteiger charge is 2.32. The van der Waals surface area contributed by atoms with Gasteiger partial charge in [0.05, 0.1) is 30.0 Å². The second kappa shape index (κ2) is 7.11. The average molecular weight is 345 g/mol. The Morgan fingerprint density at radius 1 is 1.38 bits per heavy atom. The Bertz CT molecular complexity index is 745. The minimum atomic E-state index is -0.438. The summed E-state index contributed by atoms with van der Waals surface area (Å²) in [7, 11) is 0. The van der Waals surface area contributed by atoms with E-state index in [-0.39, 0.29) is 18.4 Å². The van der Waals surface area contributed by atoms with Gasteiger partial charge in [0.2, 0.25) is 5.91 Å². The maximum atomic E-state index is 13.1. The van der Waals surface area contributed by atoms with Gasteiger partial charge in [0, 0.05) is 18.5 Å². The van der Waals surface area contributed by atoms with Gasteiger partial charge in [-0.2, -0.15) is 0 Å². The average Bonchev–Trinajstić information content (AvgIpc) is 2.97. The fourth-order valence-electron chi connectivity index (χ4n) is 2.82. The lowest BCUT2D eigenvalue weighted by molar-refractivity contribution is -0.120. The highest BCUT2D eigenvalue weighted by atomic mass is 32.1. The molecule has 1 aromatic carbocycles. The van der Waals surface area contributed by atoms with Gasteiger partial charge in [0.1, 0.15) is 4.88 Å². The number of aromatic nitrogens is 1. The van der Waals surface area contributed by atoms with Gasteiger partial charge < -0.3 is 15.4 Å². The molecule has 0 bridgehead atoms. The van der Waals surface area contributed by atoms with Crippen molar-refractivity contribution >= 4 is 23.2 Å². The number of morpholine rings is 1. The van der Waals surface area contributed by atoms with Gasteiger partial charge in [0.15, 0.2) is 0 Å². The molecule has 2 amide bonds. The van der Waals surface area contributed by atoms with Crippen molar-refractivity contribution in [2.45, 2.75) is 19.4 Å². The lowest BCUT2D eigenvalue weighted by Crippen LogP contribution is -2.50. The number of nitrogens with two attached hydrogens (primary N) is 1. The molecule has 126 valence electrons. The van der Waals surface area contributed by atoms with Crippen molar-refractivity contribution in [2.24, 2.45) is 5.73 Å². The van der Waals surface area contributed by atoms with E-state index in [0.29, 0.717) is 30.3 Å². The van der Waals surface area contributed by atoms with Crippen LogP contribution >= 0.6 is 11.3 Å². The SMILES string of the molecule is Cc1nc(-c2ccccc2)c(C(=O)N2CCOCC2CC(N)=O)s1. The number of carbonyl (C=O) groups excluding carboxylic acids is 2. The lowest BCUT2D eigenvalue weighted by Gasteiger charge is -2.34. The highest BCUT2D eigenvalue weighted by Crippen LogP contribution is 2.30. The monoisotopic (exact) mass is 345 g/mol. The molecule has 1 aromatic heterocycles. The first-order valence-electron chi connectivity index (χ1n) is 7.76. The molecule has 1 aliphatic rings. The summed E-state index contributed by atoms with van der Waals surface area (Å²) in [5, 5.41) is 0.830. The fourth-order valence-corrected chi connectivity index (χ4v) is 3.71. The Kier molecular flexibility index (Phi) is 4.92. The molecule has 2 N–H and O–H groups in total. The van der Waals surface area contributed by atoms with Gasteiger partial charge in [-0.15, -0.1) is 11.3 Å². The van der Waals surface area contributed by atoms with Crippen LogP contribution in [-0.2, 0) is 9.53 Å². The third-order valence-electron chi connectivity index (χ3n) is 3.90. The van der Waals surface area contributed by atoms with Crippen LogP contribution in [0.1, 0.15) is 21.1 Å². The maximum Gasteiger partial charge on any atom is 0.266 e. The van der Waals surface area contributed by atoms with E-state index in [9.17, 15) is 9.59 Å². The summed E-state index contributed by atoms with van der Waals surface area (Å²) >= 11 is 1.37. The van der Waals surface area contributed by atoms with Crippen LogP contribution in [0.5, 0.6) is 0 Å². The highest BCUT2D eigenvalue weighted by molar-refractivity contribution is 7.14. The van der Waals surface area contributed by atoms with Crippen LogP contribution < -0.4 is 5.73 Å². The first-order chi connectivity index (χ1) is 11.6. The summed E-state index contributed by atoms with van der Waals surface area (Å²) in [6, 6.07) is 9.31. The summed E-state index contributed by atoms with van der Waals surface area (Å²) in [5.41, 5.74) is 6.90. The van der Waals surface area contributed by atoms with Gasteiger partial charge in [0.25, 0.3) is 5.91 Å². The molecule has 3 rings (SSSR count). The number of thiazole rings is 1. The standard InChI is InChI=1S/C17H19N3O3S/c1-11-19-15(12-5-3-2-4-6-12)16(24-11)17(22)20-7-8-23-10-13(20)9-14(18)21/h2-6,13H,7-10H2,1H3,(H2,18,21). The number of hydrogen-bond donors (Lipinski definition) is 1. The number of amides is 2. The fraction of sp³-hybridized carbons (Fsp3) is 0.353. The minimum absolute atomic E-state index is 0.101. The molecule has 7 heteroatoms. The zero-order valence-electron chi connectivity index (χ0n) is 13.4. The molecule has 1 atom stereocenters. The molecular weight excluding hydrogens is 326 g/mol. The van der Waals surface area contributed by atoms with Crippen LogP contribution in [0.15, 0.2) is 30.3 Å². The van der Waals surface area contributed by atoms with E-state index in [1.807, 2.05) is 37.3 Å². The Balaban J connectivity index is 1.93. The molecule has 1 unspecified atom stereocenters. The van der Waals surface area contributed by atoms with Crippen molar-refractivity contribution in [3.05, 3.63) is 40.2 Å². The molecule has 2 aromatic rings. The number of rotatable bonds is 4. The van der Waals surface area contributed by atoms with E-state index in [4.69, 9.17) is 10.5 Å². The largest absolute Gasteiger partial charge is 0.377 e. The van der Waals surface area contributed by atoms with Gasteiger partial charge in [-0.05, 0) is 6.92 Å². The minimum Gasteiger partial charge on any atom is -0.377 e. The third kappa shape index (κ3) is 3.47. The smallest absolute Gasteiger partial charge is 0.266 e. The van der Waals surface area contributed by atoms with E-state index in [0.717, 1.165) is 10.6 Å². The third-order valence-corrected chi connectivity index (χ3v) is 4.86. The van der Waals surface area contributed by atoms with E-state index < -0.39 is 5.91 Å². The lowest BCUT2D eigenvalue weighted by atomic mass is 10.1. The van der Waals surface area contributed by atoms with Crippen LogP contribution in [-0.4, -0.2) is 47.5 Å². The van der Waals surface area contributed by atoms with Gasteiger partial charge in [-0.1, -0.05) is 30.3 Å². The normalized spacial score (nSPS) is 17.7. The Morgan fingerprint density at radius 2 is 2.12 bits per heavy atom. The second-order valence-corrected chi connectivity index (χ2v) is 6.88. The van der Waals surface area contributed by atoms with Gasteiger partial charge in [-0.25, -0.2) is 4.98 Å². The number of aryl methyl sites for hydroxylation is 1. The van der Waals surface area contributed by atoms with Crippen molar-refractivity contribution in [1.82, 2.24) is 9.88 Å². The molecule has 2 heterocycles. The Hall–Kier alpha value is -2.25. The summed E-state index contributed by atoms with van der Waals surface area (Å²) in [4.78, 5) is 31.2. The van der Waals surface area contributed by atoms with Crippen LogP contribution in [0.4, 0.5) is 0 Å². The number of carbonyl (C=O) groups is 2.